The topological polar surface area (TPSA) is 110 Å². The first-order valence-corrected chi connectivity index (χ1v) is 10.7. The summed E-state index contributed by atoms with van der Waals surface area (Å²) >= 11 is 1.17. The first-order chi connectivity index (χ1) is 14.6. The summed E-state index contributed by atoms with van der Waals surface area (Å²) in [6, 6.07) is 5.15. The number of thioether (sulfide) groups is 1. The number of carbonyl (C=O) groups is 2. The van der Waals surface area contributed by atoms with Gasteiger partial charge in [0.2, 0.25) is 11.8 Å². The van der Waals surface area contributed by atoms with E-state index < -0.39 is 34.7 Å². The Balaban J connectivity index is 1.72. The molecular weight excluding hydrogens is 433 g/mol. The maximum absolute atomic E-state index is 13.1. The summed E-state index contributed by atoms with van der Waals surface area (Å²) in [4.78, 5) is 30.9. The summed E-state index contributed by atoms with van der Waals surface area (Å²) in [7, 11) is 0. The smallest absolute Gasteiger partial charge is 0.380 e. The number of hydrogen-bond donors (Lipinski definition) is 3. The maximum atomic E-state index is 13.1. The minimum absolute atomic E-state index is 0.215. The predicted molar refractivity (Wildman–Crippen MR) is 110 cm³/mol. The van der Waals surface area contributed by atoms with Gasteiger partial charge >= 0.3 is 6.18 Å². The zero-order chi connectivity index (χ0) is 22.8. The first-order valence-electron chi connectivity index (χ1n) is 9.84. The second kappa shape index (κ2) is 8.82. The molecule has 1 aliphatic heterocycles. The van der Waals surface area contributed by atoms with Gasteiger partial charge in [0.05, 0.1) is 12.1 Å². The number of carbonyl (C=O) groups excluding carboxylic acids is 2. The molecule has 2 fully saturated rings. The third kappa shape index (κ3) is 4.81. The summed E-state index contributed by atoms with van der Waals surface area (Å²) in [6.45, 7) is 3.09. The largest absolute Gasteiger partial charge is 0.405 e. The van der Waals surface area contributed by atoms with Crippen molar-refractivity contribution in [3.8, 4) is 6.07 Å². The lowest BCUT2D eigenvalue weighted by molar-refractivity contribution is -0.141. The third-order valence-corrected chi connectivity index (χ3v) is 6.95. The van der Waals surface area contributed by atoms with Crippen LogP contribution in [-0.2, 0) is 9.59 Å². The lowest BCUT2D eigenvalue weighted by atomic mass is 10.1. The standard InChI is InChI=1S/C19H23F3N6O2S/c1-3-24-14-7-11(5-6-25-14)27-13-8-18(13)17(30)28(4-2)16(31-18)12(9-23)15(29)26-10-19(20,21)22/h5-7,12-13,16H,3-4,8,10H2,1-2H3,(H,26,29)(H2,24,25,27). The SMILES string of the molecule is CCNc1cc(NC2CC23SC(C(C#N)C(=O)NCC(F)(F)F)N(CC)C3=O)ccn1. The quantitative estimate of drug-likeness (QED) is 0.550. The van der Waals surface area contributed by atoms with Gasteiger partial charge in [-0.15, -0.1) is 11.8 Å². The van der Waals surface area contributed by atoms with Gasteiger partial charge in [-0.1, -0.05) is 0 Å². The van der Waals surface area contributed by atoms with Crippen LogP contribution in [0.2, 0.25) is 0 Å². The monoisotopic (exact) mass is 456 g/mol. The third-order valence-electron chi connectivity index (χ3n) is 5.14. The second-order valence-corrected chi connectivity index (χ2v) is 8.74. The summed E-state index contributed by atoms with van der Waals surface area (Å²) in [5.41, 5.74) is 0.771. The highest BCUT2D eigenvalue weighted by atomic mass is 32.2. The number of anilines is 2. The first kappa shape index (κ1) is 23.0. The van der Waals surface area contributed by atoms with Gasteiger partial charge in [0.15, 0.2) is 5.92 Å². The number of rotatable bonds is 8. The molecule has 2 heterocycles. The summed E-state index contributed by atoms with van der Waals surface area (Å²) < 4.78 is 36.5. The van der Waals surface area contributed by atoms with Crippen LogP contribution in [0.15, 0.2) is 18.3 Å². The number of pyridine rings is 1. The van der Waals surface area contributed by atoms with Crippen molar-refractivity contribution in [1.82, 2.24) is 15.2 Å². The molecule has 4 atom stereocenters. The molecule has 2 aliphatic rings. The van der Waals surface area contributed by atoms with Crippen molar-refractivity contribution in [3.05, 3.63) is 18.3 Å². The molecule has 1 spiro atoms. The number of nitrogens with one attached hydrogen (secondary N) is 3. The Hall–Kier alpha value is -2.68. The molecule has 0 radical (unpaired) electrons. The van der Waals surface area contributed by atoms with E-state index >= 15 is 0 Å². The minimum atomic E-state index is -4.58. The Morgan fingerprint density at radius 3 is 2.84 bits per heavy atom. The Kier molecular flexibility index (Phi) is 6.54. The molecule has 1 saturated heterocycles. The highest BCUT2D eigenvalue weighted by Crippen LogP contribution is 2.59. The molecule has 12 heteroatoms. The zero-order valence-corrected chi connectivity index (χ0v) is 17.8. The van der Waals surface area contributed by atoms with E-state index in [9.17, 15) is 28.0 Å². The van der Waals surface area contributed by atoms with E-state index in [0.29, 0.717) is 18.8 Å². The van der Waals surface area contributed by atoms with Crippen molar-refractivity contribution in [1.29, 1.82) is 5.26 Å². The number of nitriles is 1. The Bertz CT molecular complexity index is 892. The van der Waals surface area contributed by atoms with Gasteiger partial charge in [-0.2, -0.15) is 18.4 Å². The van der Waals surface area contributed by atoms with Gasteiger partial charge in [-0.25, -0.2) is 4.98 Å². The number of aromatic nitrogens is 1. The summed E-state index contributed by atoms with van der Waals surface area (Å²) in [5, 5.41) is 16.8. The van der Waals surface area contributed by atoms with Gasteiger partial charge in [0.1, 0.15) is 22.5 Å². The fourth-order valence-electron chi connectivity index (χ4n) is 3.59. The summed E-state index contributed by atoms with van der Waals surface area (Å²) in [5.74, 6) is -1.97. The molecule has 2 amide bonds. The molecule has 168 valence electrons. The van der Waals surface area contributed by atoms with Crippen LogP contribution in [0, 0.1) is 17.2 Å². The number of alkyl halides is 3. The van der Waals surface area contributed by atoms with E-state index in [4.69, 9.17) is 0 Å². The lowest BCUT2D eigenvalue weighted by Crippen LogP contribution is -2.46. The van der Waals surface area contributed by atoms with E-state index in [2.05, 4.69) is 15.6 Å². The molecule has 1 aromatic heterocycles. The molecule has 1 aromatic rings. The number of amides is 2. The number of halogens is 3. The Morgan fingerprint density at radius 2 is 2.23 bits per heavy atom. The Labute approximate surface area is 181 Å². The molecule has 1 saturated carbocycles. The molecule has 3 N–H and O–H groups in total. The normalized spacial score (nSPS) is 25.8. The van der Waals surface area contributed by atoms with Crippen molar-refractivity contribution in [3.63, 3.8) is 0 Å². The van der Waals surface area contributed by atoms with Crippen LogP contribution in [-0.4, -0.2) is 63.7 Å². The second-order valence-electron chi connectivity index (χ2n) is 7.29. The number of hydrogen-bond acceptors (Lipinski definition) is 7. The van der Waals surface area contributed by atoms with Crippen LogP contribution >= 0.6 is 11.8 Å². The van der Waals surface area contributed by atoms with E-state index in [-0.39, 0.29) is 18.5 Å². The van der Waals surface area contributed by atoms with Gasteiger partial charge in [0, 0.05) is 31.0 Å². The molecule has 4 unspecified atom stereocenters. The van der Waals surface area contributed by atoms with Gasteiger partial charge in [-0.3, -0.25) is 9.59 Å². The fourth-order valence-corrected chi connectivity index (χ4v) is 5.41. The molecule has 8 nitrogen and oxygen atoms in total. The summed E-state index contributed by atoms with van der Waals surface area (Å²) in [6.07, 6.45) is -2.46. The van der Waals surface area contributed by atoms with Crippen molar-refractivity contribution in [2.24, 2.45) is 5.92 Å². The average molecular weight is 456 g/mol. The van der Waals surface area contributed by atoms with Crippen LogP contribution in [0.4, 0.5) is 24.7 Å². The van der Waals surface area contributed by atoms with Crippen molar-refractivity contribution in [2.45, 2.75) is 42.6 Å². The van der Waals surface area contributed by atoms with E-state index in [0.717, 1.165) is 5.69 Å². The van der Waals surface area contributed by atoms with Crippen LogP contribution in [0.25, 0.3) is 0 Å². The van der Waals surface area contributed by atoms with E-state index in [1.54, 1.807) is 30.6 Å². The van der Waals surface area contributed by atoms with E-state index in [1.807, 2.05) is 13.0 Å². The van der Waals surface area contributed by atoms with Gasteiger partial charge < -0.3 is 20.9 Å². The van der Waals surface area contributed by atoms with Crippen LogP contribution in [0.5, 0.6) is 0 Å². The zero-order valence-electron chi connectivity index (χ0n) is 17.0. The molecule has 0 aromatic carbocycles. The average Bonchev–Trinajstić information content (AvgIpc) is 3.32. The highest BCUT2D eigenvalue weighted by molar-refractivity contribution is 8.02. The minimum Gasteiger partial charge on any atom is -0.380 e. The fraction of sp³-hybridized carbons (Fsp3) is 0.579. The Morgan fingerprint density at radius 1 is 1.48 bits per heavy atom. The van der Waals surface area contributed by atoms with Crippen molar-refractivity contribution >= 4 is 35.1 Å². The maximum Gasteiger partial charge on any atom is 0.405 e. The van der Waals surface area contributed by atoms with Gasteiger partial charge in [-0.05, 0) is 26.3 Å². The molecule has 1 aliphatic carbocycles. The van der Waals surface area contributed by atoms with Crippen LogP contribution < -0.4 is 16.0 Å². The molecule has 3 rings (SSSR count). The molecule has 31 heavy (non-hydrogen) atoms. The molecule has 0 bridgehead atoms. The molecular formula is C19H23F3N6O2S. The number of nitrogens with zero attached hydrogens (tertiary/aromatic N) is 3. The van der Waals surface area contributed by atoms with Crippen LogP contribution in [0.1, 0.15) is 20.3 Å². The van der Waals surface area contributed by atoms with Gasteiger partial charge in [0.25, 0.3) is 0 Å². The highest BCUT2D eigenvalue weighted by Gasteiger charge is 2.69. The van der Waals surface area contributed by atoms with Crippen LogP contribution in [0.3, 0.4) is 0 Å². The lowest BCUT2D eigenvalue weighted by Gasteiger charge is -2.25. The predicted octanol–water partition coefficient (Wildman–Crippen LogP) is 2.18. The van der Waals surface area contributed by atoms with Crippen molar-refractivity contribution in [2.75, 3.05) is 30.3 Å². The van der Waals surface area contributed by atoms with E-state index in [1.165, 1.54) is 16.7 Å². The van der Waals surface area contributed by atoms with Crippen molar-refractivity contribution < 1.29 is 22.8 Å².